The van der Waals surface area contributed by atoms with Crippen LogP contribution in [0.3, 0.4) is 0 Å². The van der Waals surface area contributed by atoms with Crippen LogP contribution >= 0.6 is 0 Å². The normalized spacial score (nSPS) is 11.4. The first-order chi connectivity index (χ1) is 14.5. The molecule has 0 saturated heterocycles. The molecule has 31 heavy (non-hydrogen) atoms. The molecule has 0 atom stereocenters. The molecule has 0 aliphatic rings. The highest BCUT2D eigenvalue weighted by molar-refractivity contribution is 7.89. The fourth-order valence-electron chi connectivity index (χ4n) is 2.60. The van der Waals surface area contributed by atoms with E-state index in [-0.39, 0.29) is 16.1 Å². The minimum Gasteiger partial charge on any atom is -0.321 e. The van der Waals surface area contributed by atoms with Gasteiger partial charge in [0.15, 0.2) is 0 Å². The minimum absolute atomic E-state index is 0.0566. The molecule has 158 valence electrons. The van der Waals surface area contributed by atoms with Crippen molar-refractivity contribution in [3.05, 3.63) is 95.1 Å². The topological polar surface area (TPSA) is 89.3 Å². The van der Waals surface area contributed by atoms with Gasteiger partial charge < -0.3 is 5.32 Å². The van der Waals surface area contributed by atoms with Crippen molar-refractivity contribution >= 4 is 21.6 Å². The molecule has 9 heteroatoms. The van der Waals surface area contributed by atoms with Gasteiger partial charge in [-0.2, -0.15) is 13.2 Å². The second-order valence-corrected chi connectivity index (χ2v) is 7.93. The summed E-state index contributed by atoms with van der Waals surface area (Å²) in [7, 11) is -4.01. The molecule has 3 N–H and O–H groups in total. The van der Waals surface area contributed by atoms with Crippen molar-refractivity contribution in [1.29, 1.82) is 0 Å². The van der Waals surface area contributed by atoms with Crippen molar-refractivity contribution in [1.82, 2.24) is 0 Å². The number of amides is 1. The van der Waals surface area contributed by atoms with Crippen LogP contribution in [0.2, 0.25) is 0 Å². The van der Waals surface area contributed by atoms with E-state index < -0.39 is 27.7 Å². The number of rotatable bonds is 3. The Hall–Kier alpha value is -3.61. The zero-order valence-corrected chi connectivity index (χ0v) is 16.6. The first kappa shape index (κ1) is 22.1. The minimum atomic E-state index is -4.41. The number of nitrogens with two attached hydrogens (primary N) is 1. The van der Waals surface area contributed by atoms with E-state index in [2.05, 4.69) is 17.2 Å². The molecule has 3 aromatic carbocycles. The summed E-state index contributed by atoms with van der Waals surface area (Å²) >= 11 is 0. The van der Waals surface area contributed by atoms with Crippen LogP contribution in [0.15, 0.2) is 77.7 Å². The molecule has 0 spiro atoms. The zero-order chi connectivity index (χ0) is 22.6. The number of carbonyl (C=O) groups is 1. The molecular weight excluding hydrogens is 429 g/mol. The van der Waals surface area contributed by atoms with Gasteiger partial charge in [-0.05, 0) is 60.7 Å². The Morgan fingerprint density at radius 3 is 1.87 bits per heavy atom. The van der Waals surface area contributed by atoms with Crippen molar-refractivity contribution in [3.63, 3.8) is 0 Å². The molecule has 0 aliphatic carbocycles. The molecule has 0 saturated carbocycles. The van der Waals surface area contributed by atoms with Gasteiger partial charge in [-0.1, -0.05) is 24.0 Å². The summed E-state index contributed by atoms with van der Waals surface area (Å²) in [6, 6.07) is 16.3. The molecule has 3 aromatic rings. The maximum Gasteiger partial charge on any atom is 0.416 e. The van der Waals surface area contributed by atoms with Gasteiger partial charge >= 0.3 is 6.18 Å². The first-order valence-electron chi connectivity index (χ1n) is 8.76. The van der Waals surface area contributed by atoms with Crippen LogP contribution in [0, 0.1) is 11.8 Å². The van der Waals surface area contributed by atoms with Gasteiger partial charge in [0.2, 0.25) is 10.0 Å². The summed E-state index contributed by atoms with van der Waals surface area (Å²) in [5.41, 5.74) is 0.513. The first-order valence-corrected chi connectivity index (χ1v) is 10.3. The van der Waals surface area contributed by atoms with Crippen LogP contribution in [0.25, 0.3) is 0 Å². The van der Waals surface area contributed by atoms with Crippen LogP contribution < -0.4 is 10.5 Å². The number of benzene rings is 3. The van der Waals surface area contributed by atoms with Gasteiger partial charge in [0.1, 0.15) is 4.90 Å². The van der Waals surface area contributed by atoms with E-state index in [0.717, 1.165) is 12.1 Å². The van der Waals surface area contributed by atoms with Gasteiger partial charge in [0.25, 0.3) is 5.91 Å². The lowest BCUT2D eigenvalue weighted by molar-refractivity contribution is -0.137. The second-order valence-electron chi connectivity index (χ2n) is 6.40. The van der Waals surface area contributed by atoms with E-state index in [0.29, 0.717) is 11.1 Å². The highest BCUT2D eigenvalue weighted by Crippen LogP contribution is 2.29. The molecule has 0 fully saturated rings. The lowest BCUT2D eigenvalue weighted by Gasteiger charge is -2.09. The smallest absolute Gasteiger partial charge is 0.321 e. The number of hydrogen-bond donors (Lipinski definition) is 2. The summed E-state index contributed by atoms with van der Waals surface area (Å²) in [4.78, 5) is 12.2. The molecule has 3 rings (SSSR count). The van der Waals surface area contributed by atoms with Gasteiger partial charge in [0.05, 0.1) is 11.3 Å². The third kappa shape index (κ3) is 5.72. The fraction of sp³-hybridized carbons (Fsp3) is 0.0455. The summed E-state index contributed by atoms with van der Waals surface area (Å²) in [6.07, 6.45) is -4.41. The quantitative estimate of drug-likeness (QED) is 0.599. The average Bonchev–Trinajstić information content (AvgIpc) is 2.72. The molecule has 0 bridgehead atoms. The highest BCUT2D eigenvalue weighted by Gasteiger charge is 2.29. The van der Waals surface area contributed by atoms with E-state index in [1.807, 2.05) is 0 Å². The maximum absolute atomic E-state index is 12.6. The summed E-state index contributed by atoms with van der Waals surface area (Å²) < 4.78 is 61.0. The number of nitrogens with one attached hydrogen (secondary N) is 1. The predicted octanol–water partition coefficient (Wildman–Crippen LogP) is 4.00. The van der Waals surface area contributed by atoms with E-state index in [1.54, 1.807) is 18.2 Å². The summed E-state index contributed by atoms with van der Waals surface area (Å²) in [5.74, 6) is 5.02. The van der Waals surface area contributed by atoms with Gasteiger partial charge in [-0.15, -0.1) is 0 Å². The molecule has 0 aliphatic heterocycles. The van der Waals surface area contributed by atoms with Crippen molar-refractivity contribution < 1.29 is 26.4 Å². The predicted molar refractivity (Wildman–Crippen MR) is 110 cm³/mol. The fourth-order valence-corrected chi connectivity index (χ4v) is 3.30. The molecule has 0 heterocycles. The number of hydrogen-bond acceptors (Lipinski definition) is 3. The largest absolute Gasteiger partial charge is 0.416 e. The van der Waals surface area contributed by atoms with Crippen molar-refractivity contribution in [2.45, 2.75) is 11.1 Å². The Morgan fingerprint density at radius 2 is 1.35 bits per heavy atom. The highest BCUT2D eigenvalue weighted by atomic mass is 32.2. The van der Waals surface area contributed by atoms with Gasteiger partial charge in [-0.25, -0.2) is 13.6 Å². The average molecular weight is 444 g/mol. The monoisotopic (exact) mass is 444 g/mol. The molecule has 0 radical (unpaired) electrons. The Labute approximate surface area is 176 Å². The van der Waals surface area contributed by atoms with E-state index in [1.165, 1.54) is 42.5 Å². The number of sulfonamides is 1. The van der Waals surface area contributed by atoms with Crippen molar-refractivity contribution in [3.8, 4) is 11.8 Å². The Bertz CT molecular complexity index is 1270. The van der Waals surface area contributed by atoms with E-state index >= 15 is 0 Å². The maximum atomic E-state index is 12.6. The van der Waals surface area contributed by atoms with Crippen molar-refractivity contribution in [2.24, 2.45) is 5.14 Å². The number of para-hydroxylation sites is 1. The lowest BCUT2D eigenvalue weighted by Crippen LogP contribution is -2.18. The van der Waals surface area contributed by atoms with Crippen LogP contribution in [0.1, 0.15) is 27.0 Å². The van der Waals surface area contributed by atoms with Crippen LogP contribution in [-0.2, 0) is 16.2 Å². The summed E-state index contributed by atoms with van der Waals surface area (Å²) in [5, 5.41) is 7.65. The lowest BCUT2D eigenvalue weighted by atomic mass is 10.1. The molecule has 5 nitrogen and oxygen atoms in total. The zero-order valence-electron chi connectivity index (χ0n) is 15.8. The number of alkyl halides is 3. The van der Waals surface area contributed by atoms with Crippen LogP contribution in [0.4, 0.5) is 18.9 Å². The molecular formula is C22H15F3N2O3S. The number of halogens is 3. The Kier molecular flexibility index (Phi) is 6.15. The van der Waals surface area contributed by atoms with Gasteiger partial charge in [-0.3, -0.25) is 4.79 Å². The number of primary sulfonamides is 1. The third-order valence-electron chi connectivity index (χ3n) is 4.15. The Morgan fingerprint density at radius 1 is 0.839 bits per heavy atom. The SMILES string of the molecule is NS(=O)(=O)c1ccccc1NC(=O)c1ccc(C#Cc2ccc(C(F)(F)F)cc2)cc1. The van der Waals surface area contributed by atoms with Crippen LogP contribution in [0.5, 0.6) is 0 Å². The molecule has 1 amide bonds. The molecule has 0 unspecified atom stereocenters. The Balaban J connectivity index is 1.73. The van der Waals surface area contributed by atoms with Crippen LogP contribution in [-0.4, -0.2) is 14.3 Å². The summed E-state index contributed by atoms with van der Waals surface area (Å²) in [6.45, 7) is 0. The standard InChI is InChI=1S/C22H15F3N2O3S/c23-22(24,25)18-13-9-16(10-14-18)6-5-15-7-11-17(12-8-15)21(28)27-19-3-1-2-4-20(19)31(26,29)30/h1-4,7-14H,(H,27,28)(H2,26,29,30). The second kappa shape index (κ2) is 8.63. The van der Waals surface area contributed by atoms with Crippen molar-refractivity contribution in [2.75, 3.05) is 5.32 Å². The van der Waals surface area contributed by atoms with Gasteiger partial charge in [0, 0.05) is 16.7 Å². The number of anilines is 1. The number of carbonyl (C=O) groups excluding carboxylic acids is 1. The third-order valence-corrected chi connectivity index (χ3v) is 5.12. The molecule has 0 aromatic heterocycles. The van der Waals surface area contributed by atoms with E-state index in [9.17, 15) is 26.4 Å². The van der Waals surface area contributed by atoms with E-state index in [4.69, 9.17) is 5.14 Å².